The standard InChI is InChI=1S/C25H28FN5O3.2ClH/c1-33-18-3-4-22-20(12-18)19(21(26)14-28-22)8-11-31-9-6-16(7-10-31)27-13-17-2-5-23-25(29-17)30-24(32)15-34-23;;/h2-5,12,14,16,27H,6-11,13,15H2,1H3,(H,29,30,32);2*1H. The number of nitrogens with one attached hydrogen (secondary N) is 2. The molecule has 1 aromatic carbocycles. The Hall–Kier alpha value is -2.72. The molecule has 1 saturated heterocycles. The molecule has 5 rings (SSSR count). The van der Waals surface area contributed by atoms with Crippen LogP contribution in [0, 0.1) is 5.82 Å². The van der Waals surface area contributed by atoms with Crippen LogP contribution in [0.1, 0.15) is 24.1 Å². The molecule has 0 unspecified atom stereocenters. The van der Waals surface area contributed by atoms with E-state index in [1.807, 2.05) is 30.3 Å². The van der Waals surface area contributed by atoms with Crippen LogP contribution >= 0.6 is 24.8 Å². The molecule has 2 aliphatic rings. The summed E-state index contributed by atoms with van der Waals surface area (Å²) >= 11 is 0. The van der Waals surface area contributed by atoms with Gasteiger partial charge in [-0.25, -0.2) is 9.37 Å². The lowest BCUT2D eigenvalue weighted by Gasteiger charge is -2.32. The molecule has 0 saturated carbocycles. The van der Waals surface area contributed by atoms with Crippen molar-refractivity contribution < 1.29 is 18.7 Å². The Bertz CT molecular complexity index is 1210. The summed E-state index contributed by atoms with van der Waals surface area (Å²) in [6.07, 6.45) is 3.96. The zero-order valence-electron chi connectivity index (χ0n) is 20.0. The second-order valence-electron chi connectivity index (χ2n) is 8.70. The average molecular weight is 538 g/mol. The van der Waals surface area contributed by atoms with E-state index in [4.69, 9.17) is 9.47 Å². The molecule has 1 fully saturated rings. The van der Waals surface area contributed by atoms with E-state index < -0.39 is 0 Å². The number of likely N-dealkylation sites (tertiary alicyclic amines) is 1. The number of benzene rings is 1. The first kappa shape index (κ1) is 27.9. The zero-order chi connectivity index (χ0) is 23.5. The molecule has 2 aromatic heterocycles. The zero-order valence-corrected chi connectivity index (χ0v) is 21.6. The minimum absolute atomic E-state index is 0. The number of aromatic nitrogens is 2. The molecule has 4 heterocycles. The number of hydrogen-bond donors (Lipinski definition) is 2. The van der Waals surface area contributed by atoms with Gasteiger partial charge in [-0.1, -0.05) is 0 Å². The van der Waals surface area contributed by atoms with Crippen LogP contribution in [0.4, 0.5) is 10.2 Å². The predicted octanol–water partition coefficient (Wildman–Crippen LogP) is 3.75. The minimum Gasteiger partial charge on any atom is -0.497 e. The molecule has 8 nitrogen and oxygen atoms in total. The molecule has 0 aliphatic carbocycles. The van der Waals surface area contributed by atoms with Gasteiger partial charge in [-0.2, -0.15) is 0 Å². The molecule has 0 bridgehead atoms. The number of piperidine rings is 1. The van der Waals surface area contributed by atoms with Crippen LogP contribution in [-0.4, -0.2) is 60.2 Å². The predicted molar refractivity (Wildman–Crippen MR) is 141 cm³/mol. The van der Waals surface area contributed by atoms with Gasteiger partial charge in [-0.05, 0) is 62.7 Å². The topological polar surface area (TPSA) is 88.6 Å². The van der Waals surface area contributed by atoms with E-state index >= 15 is 0 Å². The van der Waals surface area contributed by atoms with Crippen LogP contribution in [0.2, 0.25) is 0 Å². The van der Waals surface area contributed by atoms with E-state index in [1.165, 1.54) is 6.20 Å². The summed E-state index contributed by atoms with van der Waals surface area (Å²) in [4.78, 5) is 22.6. The number of anilines is 1. The number of hydrogen-bond acceptors (Lipinski definition) is 7. The quantitative estimate of drug-likeness (QED) is 0.474. The van der Waals surface area contributed by atoms with Crippen molar-refractivity contribution in [1.29, 1.82) is 0 Å². The van der Waals surface area contributed by atoms with Crippen LogP contribution in [0.15, 0.2) is 36.5 Å². The van der Waals surface area contributed by atoms with Crippen LogP contribution in [0.5, 0.6) is 11.5 Å². The molecular weight excluding hydrogens is 508 g/mol. The summed E-state index contributed by atoms with van der Waals surface area (Å²) in [5.74, 6) is 1.34. The van der Waals surface area contributed by atoms with E-state index in [1.54, 1.807) is 7.11 Å². The molecule has 3 aromatic rings. The van der Waals surface area contributed by atoms with Crippen molar-refractivity contribution in [1.82, 2.24) is 20.2 Å². The summed E-state index contributed by atoms with van der Waals surface area (Å²) in [5, 5.41) is 7.13. The van der Waals surface area contributed by atoms with Gasteiger partial charge in [-0.3, -0.25) is 9.78 Å². The maximum Gasteiger partial charge on any atom is 0.263 e. The Morgan fingerprint density at radius 1 is 1.22 bits per heavy atom. The van der Waals surface area contributed by atoms with Gasteiger partial charge in [0.1, 0.15) is 11.6 Å². The van der Waals surface area contributed by atoms with Crippen molar-refractivity contribution in [3.63, 3.8) is 0 Å². The number of halogens is 3. The molecule has 194 valence electrons. The fraction of sp³-hybridized carbons (Fsp3) is 0.400. The normalized spacial score (nSPS) is 15.8. The number of carbonyl (C=O) groups excluding carboxylic acids is 1. The minimum atomic E-state index is -0.267. The van der Waals surface area contributed by atoms with E-state index in [0.29, 0.717) is 41.9 Å². The number of fused-ring (bicyclic) bond motifs is 2. The summed E-state index contributed by atoms with van der Waals surface area (Å²) in [5.41, 5.74) is 2.34. The second kappa shape index (κ2) is 12.5. The highest BCUT2D eigenvalue weighted by Crippen LogP contribution is 2.26. The number of ether oxygens (including phenoxy) is 2. The Kier molecular flexibility index (Phi) is 9.67. The number of nitrogens with zero attached hydrogens (tertiary/aromatic N) is 3. The molecule has 0 atom stereocenters. The van der Waals surface area contributed by atoms with E-state index in [2.05, 4.69) is 25.5 Å². The van der Waals surface area contributed by atoms with Crippen molar-refractivity contribution in [3.05, 3.63) is 53.6 Å². The molecule has 1 amide bonds. The number of methoxy groups -OCH3 is 1. The fourth-order valence-electron chi connectivity index (χ4n) is 4.57. The van der Waals surface area contributed by atoms with Crippen molar-refractivity contribution in [2.45, 2.75) is 31.8 Å². The lowest BCUT2D eigenvalue weighted by molar-refractivity contribution is -0.118. The maximum atomic E-state index is 14.6. The Balaban J connectivity index is 0.00000180. The van der Waals surface area contributed by atoms with Gasteiger partial charge < -0.3 is 25.0 Å². The highest BCUT2D eigenvalue weighted by atomic mass is 35.5. The van der Waals surface area contributed by atoms with Gasteiger partial charge in [-0.15, -0.1) is 24.8 Å². The smallest absolute Gasteiger partial charge is 0.263 e. The van der Waals surface area contributed by atoms with Gasteiger partial charge >= 0.3 is 0 Å². The highest BCUT2D eigenvalue weighted by Gasteiger charge is 2.21. The van der Waals surface area contributed by atoms with E-state index in [0.717, 1.165) is 49.1 Å². The summed E-state index contributed by atoms with van der Waals surface area (Å²) < 4.78 is 25.3. The first-order valence-corrected chi connectivity index (χ1v) is 11.6. The van der Waals surface area contributed by atoms with Gasteiger partial charge in [0.2, 0.25) is 0 Å². The maximum absolute atomic E-state index is 14.6. The van der Waals surface area contributed by atoms with E-state index in [9.17, 15) is 9.18 Å². The number of pyridine rings is 2. The number of rotatable bonds is 7. The molecule has 0 radical (unpaired) electrons. The van der Waals surface area contributed by atoms with Gasteiger partial charge in [0.25, 0.3) is 5.91 Å². The van der Waals surface area contributed by atoms with Gasteiger partial charge in [0, 0.05) is 30.1 Å². The first-order valence-electron chi connectivity index (χ1n) is 11.6. The van der Waals surface area contributed by atoms with Crippen molar-refractivity contribution in [3.8, 4) is 11.5 Å². The van der Waals surface area contributed by atoms with Crippen LogP contribution in [-0.2, 0) is 17.8 Å². The van der Waals surface area contributed by atoms with Crippen molar-refractivity contribution in [2.24, 2.45) is 0 Å². The molecule has 0 spiro atoms. The highest BCUT2D eigenvalue weighted by molar-refractivity contribution is 5.94. The summed E-state index contributed by atoms with van der Waals surface area (Å²) in [7, 11) is 1.61. The SMILES string of the molecule is COc1ccc2ncc(F)c(CCN3CCC(NCc4ccc5c(n4)NC(=O)CO5)CC3)c2c1.Cl.Cl. The third kappa shape index (κ3) is 6.34. The lowest BCUT2D eigenvalue weighted by atomic mass is 10.0. The first-order chi connectivity index (χ1) is 16.6. The average Bonchev–Trinajstić information content (AvgIpc) is 2.87. The Morgan fingerprint density at radius 3 is 2.81 bits per heavy atom. The largest absolute Gasteiger partial charge is 0.497 e. The third-order valence-electron chi connectivity index (χ3n) is 6.50. The van der Waals surface area contributed by atoms with Crippen molar-refractivity contribution >= 4 is 47.4 Å². The van der Waals surface area contributed by atoms with Crippen LogP contribution in [0.3, 0.4) is 0 Å². The van der Waals surface area contributed by atoms with Crippen LogP contribution in [0.25, 0.3) is 10.9 Å². The van der Waals surface area contributed by atoms with Crippen molar-refractivity contribution in [2.75, 3.05) is 38.7 Å². The van der Waals surface area contributed by atoms with Crippen LogP contribution < -0.4 is 20.1 Å². The lowest BCUT2D eigenvalue weighted by Crippen LogP contribution is -2.43. The third-order valence-corrected chi connectivity index (χ3v) is 6.50. The molecule has 11 heteroatoms. The Labute approximate surface area is 221 Å². The molecule has 2 N–H and O–H groups in total. The Morgan fingerprint density at radius 2 is 2.03 bits per heavy atom. The van der Waals surface area contributed by atoms with Gasteiger partial charge in [0.05, 0.1) is 24.5 Å². The molecule has 36 heavy (non-hydrogen) atoms. The second-order valence-corrected chi connectivity index (χ2v) is 8.70. The summed E-state index contributed by atoms with van der Waals surface area (Å²) in [6, 6.07) is 9.73. The molecule has 2 aliphatic heterocycles. The fourth-order valence-corrected chi connectivity index (χ4v) is 4.57. The van der Waals surface area contributed by atoms with Gasteiger partial charge in [0.15, 0.2) is 18.2 Å². The molecular formula is C25H30Cl2FN5O3. The van der Waals surface area contributed by atoms with E-state index in [-0.39, 0.29) is 43.1 Å². The monoisotopic (exact) mass is 537 g/mol. The summed E-state index contributed by atoms with van der Waals surface area (Å²) in [6.45, 7) is 3.36. The number of carbonyl (C=O) groups is 1. The number of amides is 1.